The van der Waals surface area contributed by atoms with Crippen LogP contribution in [-0.4, -0.2) is 31.8 Å². The zero-order valence-electron chi connectivity index (χ0n) is 21.0. The van der Waals surface area contributed by atoms with Crippen LogP contribution in [0.1, 0.15) is 63.2 Å². The molecule has 0 spiro atoms. The van der Waals surface area contributed by atoms with Crippen molar-refractivity contribution in [2.45, 2.75) is 44.9 Å². The number of halogens is 1. The Morgan fingerprint density at radius 2 is 1.95 bits per heavy atom. The van der Waals surface area contributed by atoms with Crippen LogP contribution in [0, 0.1) is 19.7 Å². The summed E-state index contributed by atoms with van der Waals surface area (Å²) in [6.45, 7) is 3.91. The molecule has 2 aromatic carbocycles. The second-order valence-electron chi connectivity index (χ2n) is 9.63. The summed E-state index contributed by atoms with van der Waals surface area (Å²) in [7, 11) is 1.63. The molecule has 0 saturated heterocycles. The Balaban J connectivity index is 1.52. The van der Waals surface area contributed by atoms with Gasteiger partial charge in [-0.25, -0.2) is 4.39 Å². The Morgan fingerprint density at radius 1 is 1.19 bits per heavy atom. The van der Waals surface area contributed by atoms with Crippen molar-refractivity contribution in [1.82, 2.24) is 20.0 Å². The molecule has 9 heteroatoms. The summed E-state index contributed by atoms with van der Waals surface area (Å²) >= 11 is 0. The Kier molecular flexibility index (Phi) is 6.37. The van der Waals surface area contributed by atoms with E-state index in [0.29, 0.717) is 17.7 Å². The van der Waals surface area contributed by atoms with Crippen LogP contribution in [0.2, 0.25) is 0 Å². The SMILES string of the molecule is Cc1n[nH]c(C)c1-c1ccc(NC(=O)C(c2cnn(C)c2C(N)=O)[C@@H]2CCCc3cc(F)ccc32)cc1. The second-order valence-corrected chi connectivity index (χ2v) is 9.63. The van der Waals surface area contributed by atoms with Crippen LogP contribution < -0.4 is 11.1 Å². The minimum absolute atomic E-state index is 0.190. The number of nitrogens with one attached hydrogen (secondary N) is 2. The van der Waals surface area contributed by atoms with Crippen molar-refractivity contribution in [3.05, 3.63) is 88.3 Å². The van der Waals surface area contributed by atoms with Gasteiger partial charge in [0, 0.05) is 29.6 Å². The average Bonchev–Trinajstić information content (AvgIpc) is 3.41. The van der Waals surface area contributed by atoms with Crippen LogP contribution in [0.3, 0.4) is 0 Å². The van der Waals surface area contributed by atoms with Crippen LogP contribution in [-0.2, 0) is 18.3 Å². The van der Waals surface area contributed by atoms with Crippen molar-refractivity contribution in [1.29, 1.82) is 0 Å². The minimum Gasteiger partial charge on any atom is -0.364 e. The molecular formula is C28H29FN6O2. The lowest BCUT2D eigenvalue weighted by Crippen LogP contribution is -2.31. The van der Waals surface area contributed by atoms with Crippen LogP contribution in [0.4, 0.5) is 10.1 Å². The van der Waals surface area contributed by atoms with Gasteiger partial charge in [-0.3, -0.25) is 19.4 Å². The van der Waals surface area contributed by atoms with Crippen molar-refractivity contribution in [3.63, 3.8) is 0 Å². The molecule has 2 aromatic heterocycles. The quantitative estimate of drug-likeness (QED) is 0.361. The first kappa shape index (κ1) is 24.4. The monoisotopic (exact) mass is 500 g/mol. The topological polar surface area (TPSA) is 119 Å². The van der Waals surface area contributed by atoms with Crippen LogP contribution >= 0.6 is 0 Å². The van der Waals surface area contributed by atoms with Gasteiger partial charge < -0.3 is 11.1 Å². The number of amides is 2. The average molecular weight is 501 g/mol. The van der Waals surface area contributed by atoms with Gasteiger partial charge in [0.05, 0.1) is 17.8 Å². The number of nitrogens with two attached hydrogens (primary N) is 1. The van der Waals surface area contributed by atoms with Gasteiger partial charge in [-0.15, -0.1) is 0 Å². The minimum atomic E-state index is -0.737. The van der Waals surface area contributed by atoms with E-state index in [0.717, 1.165) is 46.5 Å². The number of nitrogens with zero attached hydrogens (tertiary/aromatic N) is 3. The molecule has 8 nitrogen and oxygen atoms in total. The van der Waals surface area contributed by atoms with Crippen molar-refractivity contribution in [2.75, 3.05) is 5.32 Å². The second kappa shape index (κ2) is 9.65. The van der Waals surface area contributed by atoms with Crippen molar-refractivity contribution >= 4 is 17.5 Å². The number of anilines is 1. The van der Waals surface area contributed by atoms with Gasteiger partial charge in [0.2, 0.25) is 5.91 Å². The fraction of sp³-hybridized carbons (Fsp3) is 0.286. The van der Waals surface area contributed by atoms with Crippen molar-refractivity contribution in [2.24, 2.45) is 12.8 Å². The number of benzene rings is 2. The molecule has 4 N–H and O–H groups in total. The van der Waals surface area contributed by atoms with Crippen LogP contribution in [0.5, 0.6) is 0 Å². The van der Waals surface area contributed by atoms with Gasteiger partial charge in [0.15, 0.2) is 0 Å². The number of carbonyl (C=O) groups is 2. The standard InChI is InChI=1S/C28H29FN6O2/c1-15-24(16(2)34-33-15)17-7-10-20(11-8-17)32-28(37)25(23-14-31-35(3)26(23)27(30)36)22-6-4-5-18-13-19(29)9-12-21(18)22/h7-14,22,25H,4-6H2,1-3H3,(H2,30,36)(H,32,37)(H,33,34)/t22-,25?/m1/s1. The largest absolute Gasteiger partial charge is 0.364 e. The fourth-order valence-electron chi connectivity index (χ4n) is 5.61. The van der Waals surface area contributed by atoms with Crippen LogP contribution in [0.25, 0.3) is 11.1 Å². The molecule has 2 amide bonds. The van der Waals surface area contributed by atoms with Gasteiger partial charge in [-0.1, -0.05) is 18.2 Å². The summed E-state index contributed by atoms with van der Waals surface area (Å²) in [5, 5.41) is 14.5. The Labute approximate surface area is 214 Å². The smallest absolute Gasteiger partial charge is 0.267 e. The van der Waals surface area contributed by atoms with Gasteiger partial charge in [0.1, 0.15) is 11.5 Å². The molecule has 2 atom stereocenters. The molecule has 1 aliphatic rings. The first-order valence-corrected chi connectivity index (χ1v) is 12.3. The van der Waals surface area contributed by atoms with E-state index in [2.05, 4.69) is 20.6 Å². The van der Waals surface area contributed by atoms with Gasteiger partial charge >= 0.3 is 0 Å². The normalized spacial score (nSPS) is 15.7. The summed E-state index contributed by atoms with van der Waals surface area (Å²) in [6, 6.07) is 12.3. The number of carbonyl (C=O) groups excluding carboxylic acids is 2. The molecule has 1 unspecified atom stereocenters. The van der Waals surface area contributed by atoms with E-state index in [9.17, 15) is 14.0 Å². The number of fused-ring (bicyclic) bond motifs is 1. The zero-order chi connectivity index (χ0) is 26.3. The third-order valence-corrected chi connectivity index (χ3v) is 7.26. The molecule has 37 heavy (non-hydrogen) atoms. The molecule has 1 aliphatic carbocycles. The Bertz CT molecular complexity index is 1470. The highest BCUT2D eigenvalue weighted by Gasteiger charge is 2.37. The first-order chi connectivity index (χ1) is 17.7. The third-order valence-electron chi connectivity index (χ3n) is 7.26. The Hall–Kier alpha value is -4.27. The van der Waals surface area contributed by atoms with E-state index in [1.165, 1.54) is 23.0 Å². The number of hydrogen-bond donors (Lipinski definition) is 3. The summed E-state index contributed by atoms with van der Waals surface area (Å²) in [4.78, 5) is 26.2. The number of aromatic amines is 1. The van der Waals surface area contributed by atoms with E-state index in [4.69, 9.17) is 5.73 Å². The number of aryl methyl sites for hydroxylation is 4. The molecule has 0 aliphatic heterocycles. The molecule has 2 heterocycles. The number of H-pyrrole nitrogens is 1. The van der Waals surface area contributed by atoms with E-state index < -0.39 is 11.8 Å². The molecule has 5 rings (SSSR count). The van der Waals surface area contributed by atoms with Gasteiger partial charge in [-0.2, -0.15) is 10.2 Å². The highest BCUT2D eigenvalue weighted by molar-refractivity contribution is 6.00. The lowest BCUT2D eigenvalue weighted by Gasteiger charge is -2.32. The Morgan fingerprint density at radius 3 is 2.62 bits per heavy atom. The lowest BCUT2D eigenvalue weighted by atomic mass is 9.72. The van der Waals surface area contributed by atoms with E-state index in [-0.39, 0.29) is 23.3 Å². The third kappa shape index (κ3) is 4.52. The maximum atomic E-state index is 14.0. The van der Waals surface area contributed by atoms with Crippen molar-refractivity contribution < 1.29 is 14.0 Å². The maximum absolute atomic E-state index is 14.0. The number of aromatic nitrogens is 4. The van der Waals surface area contributed by atoms with E-state index in [1.807, 2.05) is 38.1 Å². The molecule has 190 valence electrons. The maximum Gasteiger partial charge on any atom is 0.267 e. The number of rotatable bonds is 6. The molecule has 4 aromatic rings. The van der Waals surface area contributed by atoms with Gasteiger partial charge in [0.25, 0.3) is 5.91 Å². The molecule has 0 radical (unpaired) electrons. The zero-order valence-corrected chi connectivity index (χ0v) is 21.0. The van der Waals surface area contributed by atoms with Crippen molar-refractivity contribution in [3.8, 4) is 11.1 Å². The highest BCUT2D eigenvalue weighted by atomic mass is 19.1. The van der Waals surface area contributed by atoms with E-state index in [1.54, 1.807) is 13.1 Å². The molecule has 0 saturated carbocycles. The summed E-state index contributed by atoms with van der Waals surface area (Å²) < 4.78 is 15.4. The summed E-state index contributed by atoms with van der Waals surface area (Å²) in [5.41, 5.74) is 12.7. The predicted molar refractivity (Wildman–Crippen MR) is 139 cm³/mol. The van der Waals surface area contributed by atoms with Gasteiger partial charge in [-0.05, 0) is 80.0 Å². The number of primary amides is 1. The predicted octanol–water partition coefficient (Wildman–Crippen LogP) is 4.51. The number of hydrogen-bond acceptors (Lipinski definition) is 4. The fourth-order valence-corrected chi connectivity index (χ4v) is 5.61. The summed E-state index contributed by atoms with van der Waals surface area (Å²) in [6.07, 6.45) is 3.79. The van der Waals surface area contributed by atoms with Crippen LogP contribution in [0.15, 0.2) is 48.7 Å². The first-order valence-electron chi connectivity index (χ1n) is 12.3. The lowest BCUT2D eigenvalue weighted by molar-refractivity contribution is -0.118. The molecule has 0 fully saturated rings. The van der Waals surface area contributed by atoms with E-state index >= 15 is 0 Å². The highest BCUT2D eigenvalue weighted by Crippen LogP contribution is 2.43. The molecule has 0 bridgehead atoms. The molecular weight excluding hydrogens is 471 g/mol. The summed E-state index contributed by atoms with van der Waals surface area (Å²) in [5.74, 6) is -2.23.